The highest BCUT2D eigenvalue weighted by Gasteiger charge is 2.31. The minimum absolute atomic E-state index is 0.166. The van der Waals surface area contributed by atoms with Crippen LogP contribution < -0.4 is 5.56 Å². The van der Waals surface area contributed by atoms with Gasteiger partial charge in [0.25, 0.3) is 5.56 Å². The molecule has 0 saturated carbocycles. The summed E-state index contributed by atoms with van der Waals surface area (Å²) in [4.78, 5) is 11.5. The summed E-state index contributed by atoms with van der Waals surface area (Å²) >= 11 is 5.68. The number of unbranched alkanes of at least 4 members (excludes halogenated alkanes) is 2. The summed E-state index contributed by atoms with van der Waals surface area (Å²) in [6.07, 6.45) is -1.94. The Bertz CT molecular complexity index is 439. The molecule has 0 spiro atoms. The molecule has 0 atom stereocenters. The zero-order chi connectivity index (χ0) is 13.1. The van der Waals surface area contributed by atoms with Crippen molar-refractivity contribution in [3.63, 3.8) is 0 Å². The normalized spacial score (nSPS) is 11.8. The van der Waals surface area contributed by atoms with Crippen molar-refractivity contribution in [1.29, 1.82) is 0 Å². The summed E-state index contributed by atoms with van der Waals surface area (Å²) < 4.78 is 38.3. The maximum absolute atomic E-state index is 12.4. The molecule has 1 aromatic rings. The molecule has 0 aliphatic rings. The number of hydrogen-bond acceptors (Lipinski definition) is 1. The number of alkyl halides is 3. The van der Waals surface area contributed by atoms with Gasteiger partial charge in [-0.1, -0.05) is 31.4 Å². The molecule has 0 saturated heterocycles. The van der Waals surface area contributed by atoms with E-state index in [1.165, 1.54) is 0 Å². The first-order chi connectivity index (χ1) is 7.86. The molecule has 0 radical (unpaired) electrons. The Labute approximate surface area is 102 Å². The van der Waals surface area contributed by atoms with Gasteiger partial charge in [0.1, 0.15) is 5.15 Å². The third-order valence-corrected chi connectivity index (χ3v) is 2.70. The minimum atomic E-state index is -4.54. The molecule has 17 heavy (non-hydrogen) atoms. The number of aromatic nitrogens is 1. The van der Waals surface area contributed by atoms with E-state index in [1.807, 2.05) is 6.92 Å². The van der Waals surface area contributed by atoms with Gasteiger partial charge in [0.05, 0.1) is 5.56 Å². The molecule has 0 aromatic carbocycles. The molecular formula is C11H13ClF3NO. The van der Waals surface area contributed by atoms with Crippen LogP contribution in [0, 0.1) is 0 Å². The predicted molar refractivity (Wildman–Crippen MR) is 60.2 cm³/mol. The lowest BCUT2D eigenvalue weighted by Crippen LogP contribution is -2.23. The molecule has 6 heteroatoms. The summed E-state index contributed by atoms with van der Waals surface area (Å²) in [5.74, 6) is 0. The van der Waals surface area contributed by atoms with Crippen LogP contribution in [0.2, 0.25) is 5.15 Å². The van der Waals surface area contributed by atoms with E-state index in [0.717, 1.165) is 29.9 Å². The summed E-state index contributed by atoms with van der Waals surface area (Å²) in [5.41, 5.74) is -1.71. The van der Waals surface area contributed by atoms with Crippen LogP contribution in [0.15, 0.2) is 16.9 Å². The Hall–Kier alpha value is -0.970. The van der Waals surface area contributed by atoms with E-state index >= 15 is 0 Å². The number of pyridine rings is 1. The molecule has 0 N–H and O–H groups in total. The van der Waals surface area contributed by atoms with Crippen LogP contribution in [0.25, 0.3) is 0 Å². The average molecular weight is 268 g/mol. The van der Waals surface area contributed by atoms with E-state index in [0.29, 0.717) is 12.6 Å². The second-order valence-electron chi connectivity index (χ2n) is 3.76. The summed E-state index contributed by atoms with van der Waals surface area (Å²) in [6.45, 7) is 2.35. The highest BCUT2D eigenvalue weighted by atomic mass is 35.5. The Morgan fingerprint density at radius 1 is 1.29 bits per heavy atom. The molecule has 0 fully saturated rings. The van der Waals surface area contributed by atoms with Crippen molar-refractivity contribution in [1.82, 2.24) is 4.57 Å². The van der Waals surface area contributed by atoms with Gasteiger partial charge >= 0.3 is 6.18 Å². The lowest BCUT2D eigenvalue weighted by molar-refractivity contribution is -0.137. The maximum Gasteiger partial charge on any atom is 0.416 e. The van der Waals surface area contributed by atoms with Crippen molar-refractivity contribution in [3.05, 3.63) is 33.2 Å². The van der Waals surface area contributed by atoms with Crippen molar-refractivity contribution >= 4 is 11.6 Å². The van der Waals surface area contributed by atoms with Gasteiger partial charge in [-0.25, -0.2) is 0 Å². The van der Waals surface area contributed by atoms with Crippen molar-refractivity contribution in [3.8, 4) is 0 Å². The molecule has 0 bridgehead atoms. The highest BCUT2D eigenvalue weighted by molar-refractivity contribution is 6.29. The van der Waals surface area contributed by atoms with Gasteiger partial charge in [0, 0.05) is 12.6 Å². The fourth-order valence-corrected chi connectivity index (χ4v) is 1.75. The van der Waals surface area contributed by atoms with E-state index in [1.54, 1.807) is 0 Å². The highest BCUT2D eigenvalue weighted by Crippen LogP contribution is 2.29. The van der Waals surface area contributed by atoms with Gasteiger partial charge < -0.3 is 0 Å². The van der Waals surface area contributed by atoms with E-state index in [-0.39, 0.29) is 5.15 Å². The van der Waals surface area contributed by atoms with Gasteiger partial charge in [-0.2, -0.15) is 13.2 Å². The summed E-state index contributed by atoms with van der Waals surface area (Å²) in [5, 5.41) is -0.166. The third-order valence-electron chi connectivity index (χ3n) is 2.39. The number of hydrogen-bond donors (Lipinski definition) is 0. The van der Waals surface area contributed by atoms with Crippen molar-refractivity contribution in [2.45, 2.75) is 38.9 Å². The van der Waals surface area contributed by atoms with Crippen LogP contribution in [0.5, 0.6) is 0 Å². The zero-order valence-electron chi connectivity index (χ0n) is 9.35. The lowest BCUT2D eigenvalue weighted by atomic mass is 10.2. The average Bonchev–Trinajstić information content (AvgIpc) is 2.20. The molecule has 0 unspecified atom stereocenters. The fourth-order valence-electron chi connectivity index (χ4n) is 1.46. The van der Waals surface area contributed by atoms with E-state index in [4.69, 9.17) is 11.6 Å². The standard InChI is InChI=1S/C11H13ClF3NO/c1-2-3-4-5-16-9(12)6-8(7-10(16)17)11(13,14)15/h6-7H,2-5H2,1H3. The topological polar surface area (TPSA) is 22.0 Å². The maximum atomic E-state index is 12.4. The van der Waals surface area contributed by atoms with E-state index in [9.17, 15) is 18.0 Å². The van der Waals surface area contributed by atoms with Gasteiger partial charge in [-0.05, 0) is 12.5 Å². The first-order valence-corrected chi connectivity index (χ1v) is 5.71. The van der Waals surface area contributed by atoms with Crippen LogP contribution in [-0.2, 0) is 12.7 Å². The molecule has 1 aromatic heterocycles. The Kier molecular flexibility index (Phi) is 4.62. The van der Waals surface area contributed by atoms with Gasteiger partial charge in [0.15, 0.2) is 0 Å². The van der Waals surface area contributed by atoms with Crippen molar-refractivity contribution in [2.24, 2.45) is 0 Å². The quantitative estimate of drug-likeness (QED) is 0.602. The van der Waals surface area contributed by atoms with Crippen molar-refractivity contribution in [2.75, 3.05) is 0 Å². The lowest BCUT2D eigenvalue weighted by Gasteiger charge is -2.11. The number of nitrogens with zero attached hydrogens (tertiary/aromatic N) is 1. The molecule has 2 nitrogen and oxygen atoms in total. The largest absolute Gasteiger partial charge is 0.416 e. The monoisotopic (exact) mass is 267 g/mol. The molecule has 1 heterocycles. The molecule has 1 rings (SSSR count). The molecule has 0 aliphatic heterocycles. The van der Waals surface area contributed by atoms with E-state index < -0.39 is 17.3 Å². The third kappa shape index (κ3) is 3.77. The van der Waals surface area contributed by atoms with Crippen LogP contribution >= 0.6 is 11.6 Å². The number of halogens is 4. The second kappa shape index (κ2) is 5.58. The second-order valence-corrected chi connectivity index (χ2v) is 4.15. The molecular weight excluding hydrogens is 255 g/mol. The van der Waals surface area contributed by atoms with E-state index in [2.05, 4.69) is 0 Å². The smallest absolute Gasteiger partial charge is 0.299 e. The van der Waals surface area contributed by atoms with Gasteiger partial charge in [0.2, 0.25) is 0 Å². The van der Waals surface area contributed by atoms with Crippen LogP contribution in [0.4, 0.5) is 13.2 Å². The predicted octanol–water partition coefficient (Wildman–Crippen LogP) is 3.71. The Morgan fingerprint density at radius 2 is 1.94 bits per heavy atom. The SMILES string of the molecule is CCCCCn1c(Cl)cc(C(F)(F)F)cc1=O. The van der Waals surface area contributed by atoms with Crippen LogP contribution in [0.3, 0.4) is 0 Å². The first kappa shape index (κ1) is 14.1. The fraction of sp³-hybridized carbons (Fsp3) is 0.545. The van der Waals surface area contributed by atoms with Crippen molar-refractivity contribution < 1.29 is 13.2 Å². The zero-order valence-corrected chi connectivity index (χ0v) is 10.1. The van der Waals surface area contributed by atoms with Gasteiger partial charge in [-0.3, -0.25) is 9.36 Å². The minimum Gasteiger partial charge on any atom is -0.299 e. The first-order valence-electron chi connectivity index (χ1n) is 5.34. The molecule has 0 amide bonds. The number of rotatable bonds is 4. The molecule has 0 aliphatic carbocycles. The van der Waals surface area contributed by atoms with Crippen LogP contribution in [0.1, 0.15) is 31.7 Å². The Balaban J connectivity index is 2.99. The Morgan fingerprint density at radius 3 is 2.41 bits per heavy atom. The summed E-state index contributed by atoms with van der Waals surface area (Å²) in [7, 11) is 0. The van der Waals surface area contributed by atoms with Crippen LogP contribution in [-0.4, -0.2) is 4.57 Å². The van der Waals surface area contributed by atoms with Gasteiger partial charge in [-0.15, -0.1) is 0 Å². The summed E-state index contributed by atoms with van der Waals surface area (Å²) in [6, 6.07) is 1.37. The molecule has 96 valence electrons.